The van der Waals surface area contributed by atoms with Gasteiger partial charge in [0.25, 0.3) is 0 Å². The molecule has 2 unspecified atom stereocenters. The number of benzene rings is 1. The summed E-state index contributed by atoms with van der Waals surface area (Å²) < 4.78 is 0. The predicted molar refractivity (Wildman–Crippen MR) is 89.5 cm³/mol. The Balaban J connectivity index is 2.73. The molecule has 0 aliphatic carbocycles. The lowest BCUT2D eigenvalue weighted by atomic mass is 9.75. The Kier molecular flexibility index (Phi) is 4.55. The molecule has 3 nitrogen and oxygen atoms in total. The van der Waals surface area contributed by atoms with Gasteiger partial charge in [-0.1, -0.05) is 36.9 Å². The van der Waals surface area contributed by atoms with E-state index in [-0.39, 0.29) is 11.8 Å². The van der Waals surface area contributed by atoms with Gasteiger partial charge in [-0.25, -0.2) is 0 Å². The van der Waals surface area contributed by atoms with Crippen LogP contribution in [0.2, 0.25) is 0 Å². The zero-order valence-corrected chi connectivity index (χ0v) is 13.4. The second-order valence-corrected chi connectivity index (χ2v) is 5.83. The van der Waals surface area contributed by atoms with Crippen LogP contribution in [-0.4, -0.2) is 22.5 Å². The quantitative estimate of drug-likeness (QED) is 0.856. The van der Waals surface area contributed by atoms with Gasteiger partial charge >= 0.3 is 0 Å². The summed E-state index contributed by atoms with van der Waals surface area (Å²) in [6.45, 7) is 10.0. The Bertz CT molecular complexity index is 627. The lowest BCUT2D eigenvalue weighted by Gasteiger charge is -2.48. The summed E-state index contributed by atoms with van der Waals surface area (Å²) in [6, 6.07) is 7.12. The van der Waals surface area contributed by atoms with E-state index in [1.807, 2.05) is 43.0 Å². The van der Waals surface area contributed by atoms with Gasteiger partial charge in [-0.3, -0.25) is 4.79 Å². The van der Waals surface area contributed by atoms with Gasteiger partial charge in [0.15, 0.2) is 0 Å². The number of hydrogen-bond donors (Lipinski definition) is 1. The second-order valence-electron chi connectivity index (χ2n) is 5.83. The third-order valence-electron chi connectivity index (χ3n) is 4.49. The van der Waals surface area contributed by atoms with Crippen LogP contribution in [0, 0.1) is 0 Å². The van der Waals surface area contributed by atoms with Gasteiger partial charge in [-0.2, -0.15) is 0 Å². The van der Waals surface area contributed by atoms with Crippen molar-refractivity contribution in [3.8, 4) is 5.75 Å². The number of carbonyl (C=O) groups excluding carboxylic acids is 1. The molecule has 0 aromatic heterocycles. The Morgan fingerprint density at radius 3 is 2.50 bits per heavy atom. The van der Waals surface area contributed by atoms with Crippen molar-refractivity contribution in [2.45, 2.75) is 38.8 Å². The molecule has 116 valence electrons. The minimum Gasteiger partial charge on any atom is -0.508 e. The van der Waals surface area contributed by atoms with E-state index in [1.54, 1.807) is 12.1 Å². The first-order valence-electron chi connectivity index (χ1n) is 7.51. The van der Waals surface area contributed by atoms with Crippen LogP contribution in [0.25, 0.3) is 0 Å². The fraction of sp³-hybridized carbons (Fsp3) is 0.316. The summed E-state index contributed by atoms with van der Waals surface area (Å²) in [6.07, 6.45) is 7.66. The molecular formula is C19H23NO2. The summed E-state index contributed by atoms with van der Waals surface area (Å²) in [7, 11) is 0. The molecule has 0 fully saturated rings. The lowest BCUT2D eigenvalue weighted by molar-refractivity contribution is -0.125. The summed E-state index contributed by atoms with van der Waals surface area (Å²) in [5.41, 5.74) is 2.59. The van der Waals surface area contributed by atoms with Crippen molar-refractivity contribution in [3.05, 3.63) is 65.8 Å². The Hall–Kier alpha value is -2.29. The maximum atomic E-state index is 11.8. The van der Waals surface area contributed by atoms with Gasteiger partial charge in [0, 0.05) is 6.04 Å². The van der Waals surface area contributed by atoms with Crippen LogP contribution >= 0.6 is 0 Å². The van der Waals surface area contributed by atoms with E-state index in [4.69, 9.17) is 0 Å². The molecule has 0 radical (unpaired) electrons. The fourth-order valence-corrected chi connectivity index (χ4v) is 3.41. The van der Waals surface area contributed by atoms with Gasteiger partial charge in [-0.05, 0) is 56.0 Å². The molecule has 1 aliphatic rings. The third kappa shape index (κ3) is 2.47. The van der Waals surface area contributed by atoms with E-state index in [9.17, 15) is 9.90 Å². The van der Waals surface area contributed by atoms with E-state index < -0.39 is 5.54 Å². The van der Waals surface area contributed by atoms with Crippen LogP contribution < -0.4 is 0 Å². The molecule has 1 heterocycles. The molecule has 1 aromatic carbocycles. The molecule has 0 saturated carbocycles. The minimum absolute atomic E-state index is 0.0891. The molecule has 1 N–H and O–H groups in total. The van der Waals surface area contributed by atoms with Gasteiger partial charge in [0.05, 0.1) is 5.54 Å². The highest BCUT2D eigenvalue weighted by Gasteiger charge is 2.42. The van der Waals surface area contributed by atoms with Crippen molar-refractivity contribution in [1.29, 1.82) is 0 Å². The summed E-state index contributed by atoms with van der Waals surface area (Å²) >= 11 is 0. The number of amides is 1. The predicted octanol–water partition coefficient (Wildman–Crippen LogP) is 3.92. The smallest absolute Gasteiger partial charge is 0.210 e. The Labute approximate surface area is 132 Å². The topological polar surface area (TPSA) is 40.5 Å². The molecule has 2 atom stereocenters. The molecule has 0 spiro atoms. The van der Waals surface area contributed by atoms with Gasteiger partial charge in [0.1, 0.15) is 5.75 Å². The van der Waals surface area contributed by atoms with E-state index in [2.05, 4.69) is 19.6 Å². The molecule has 1 aliphatic heterocycles. The fourth-order valence-electron chi connectivity index (χ4n) is 3.41. The van der Waals surface area contributed by atoms with Crippen molar-refractivity contribution in [2.75, 3.05) is 0 Å². The van der Waals surface area contributed by atoms with Gasteiger partial charge in [-0.15, -0.1) is 0 Å². The molecular weight excluding hydrogens is 274 g/mol. The molecule has 22 heavy (non-hydrogen) atoms. The van der Waals surface area contributed by atoms with Crippen molar-refractivity contribution in [3.63, 3.8) is 0 Å². The van der Waals surface area contributed by atoms with Crippen LogP contribution in [0.1, 0.15) is 32.8 Å². The molecule has 1 amide bonds. The number of hydrogen-bond acceptors (Lipinski definition) is 2. The van der Waals surface area contributed by atoms with Crippen LogP contribution in [0.15, 0.2) is 60.2 Å². The number of phenols is 1. The summed E-state index contributed by atoms with van der Waals surface area (Å²) in [5, 5.41) is 9.55. The van der Waals surface area contributed by atoms with Crippen molar-refractivity contribution in [2.24, 2.45) is 0 Å². The standard InChI is InChI=1S/C19H23NO2/c1-5-7-15-12-14(3)20(13-21)19(4,18(15)6-2)16-8-10-17(22)11-9-16/h5-11,13-14,22H,2,12H2,1,3-4H3/b7-5-. The van der Waals surface area contributed by atoms with E-state index in [1.165, 1.54) is 5.57 Å². The third-order valence-corrected chi connectivity index (χ3v) is 4.49. The number of aromatic hydroxyl groups is 1. The number of rotatable bonds is 4. The van der Waals surface area contributed by atoms with Crippen LogP contribution in [-0.2, 0) is 10.3 Å². The largest absolute Gasteiger partial charge is 0.508 e. The lowest BCUT2D eigenvalue weighted by Crippen LogP contribution is -2.52. The number of phenolic OH excluding ortho intramolecular Hbond substituents is 1. The van der Waals surface area contributed by atoms with Crippen LogP contribution in [0.3, 0.4) is 0 Å². The van der Waals surface area contributed by atoms with E-state index >= 15 is 0 Å². The van der Waals surface area contributed by atoms with Crippen molar-refractivity contribution < 1.29 is 9.90 Å². The van der Waals surface area contributed by atoms with Crippen molar-refractivity contribution in [1.82, 2.24) is 4.90 Å². The highest BCUT2D eigenvalue weighted by Crippen LogP contribution is 2.44. The normalized spacial score (nSPS) is 25.6. The maximum absolute atomic E-state index is 11.8. The van der Waals surface area contributed by atoms with Crippen LogP contribution in [0.5, 0.6) is 5.75 Å². The van der Waals surface area contributed by atoms with Crippen molar-refractivity contribution >= 4 is 6.41 Å². The molecule has 3 heteroatoms. The van der Waals surface area contributed by atoms with Crippen LogP contribution in [0.4, 0.5) is 0 Å². The Morgan fingerprint density at radius 2 is 2.00 bits per heavy atom. The monoisotopic (exact) mass is 297 g/mol. The number of allylic oxidation sites excluding steroid dienone is 2. The highest BCUT2D eigenvalue weighted by atomic mass is 16.3. The maximum Gasteiger partial charge on any atom is 0.210 e. The molecule has 0 saturated heterocycles. The second kappa shape index (κ2) is 6.22. The van der Waals surface area contributed by atoms with E-state index in [0.717, 1.165) is 24.0 Å². The summed E-state index contributed by atoms with van der Waals surface area (Å²) in [5.74, 6) is 0.215. The first-order chi connectivity index (χ1) is 10.5. The molecule has 2 rings (SSSR count). The summed E-state index contributed by atoms with van der Waals surface area (Å²) in [4.78, 5) is 13.6. The highest BCUT2D eigenvalue weighted by molar-refractivity contribution is 5.59. The first-order valence-corrected chi connectivity index (χ1v) is 7.51. The average molecular weight is 297 g/mol. The van der Waals surface area contributed by atoms with Gasteiger partial charge < -0.3 is 10.0 Å². The zero-order valence-electron chi connectivity index (χ0n) is 13.4. The average Bonchev–Trinajstić information content (AvgIpc) is 2.48. The molecule has 1 aromatic rings. The first kappa shape index (κ1) is 16.1. The number of nitrogens with zero attached hydrogens (tertiary/aromatic N) is 1. The SMILES string of the molecule is C=CC1=C(/C=C\C)CC(C)N(C=O)C1(C)c1ccc(O)cc1. The number of carbonyl (C=O) groups is 1. The minimum atomic E-state index is -0.594. The zero-order chi connectivity index (χ0) is 16.3. The van der Waals surface area contributed by atoms with E-state index in [0.29, 0.717) is 0 Å². The Morgan fingerprint density at radius 1 is 1.36 bits per heavy atom. The van der Waals surface area contributed by atoms with Gasteiger partial charge in [0.2, 0.25) is 6.41 Å². The molecule has 0 bridgehead atoms.